The van der Waals surface area contributed by atoms with E-state index < -0.39 is 30.7 Å². The molecule has 2 aromatic carbocycles. The van der Waals surface area contributed by atoms with Crippen LogP contribution in [0.3, 0.4) is 0 Å². The quantitative estimate of drug-likeness (QED) is 0.286. The van der Waals surface area contributed by atoms with Gasteiger partial charge < -0.3 is 19.8 Å². The molecule has 0 bridgehead atoms. The fourth-order valence-electron chi connectivity index (χ4n) is 1.92. The van der Waals surface area contributed by atoms with Gasteiger partial charge in [0.25, 0.3) is 0 Å². The number of rotatable bonds is 2. The number of fused-ring (bicyclic) bond motifs is 2. The van der Waals surface area contributed by atoms with Gasteiger partial charge in [-0.15, -0.1) is 0 Å². The summed E-state index contributed by atoms with van der Waals surface area (Å²) in [6, 6.07) is 13.1. The van der Waals surface area contributed by atoms with Gasteiger partial charge in [-0.25, -0.2) is 0 Å². The second kappa shape index (κ2) is 9.98. The standard InChI is InChI=1S/2C7H5NO4S.2H2O.Zn/c2*9-13(10,11)7-8-5-3-1-2-4-6(5)12-7;;;/h2*1-4H,(H,9,10,11);2*1H2;. The SMILES string of the molecule is O.O.O=S(=O)(O)c1nc2ccccc2o1.O=S(=O)(O)c1nc2ccccc2o1.[Zn]. The predicted octanol–water partition coefficient (Wildman–Crippen LogP) is 0.497. The Labute approximate surface area is 176 Å². The minimum Gasteiger partial charge on any atom is -0.426 e. The zero-order chi connectivity index (χ0) is 18.9. The molecule has 0 saturated carbocycles. The molecule has 2 heterocycles. The topological polar surface area (TPSA) is 224 Å². The molecule has 4 rings (SSSR count). The molecule has 15 heteroatoms. The Morgan fingerprint density at radius 1 is 0.655 bits per heavy atom. The maximum absolute atomic E-state index is 10.6. The largest absolute Gasteiger partial charge is 0.426 e. The summed E-state index contributed by atoms with van der Waals surface area (Å²) >= 11 is 0. The van der Waals surface area contributed by atoms with Gasteiger partial charge in [-0.05, 0) is 24.3 Å². The third kappa shape index (κ3) is 6.37. The first-order chi connectivity index (χ1) is 12.1. The van der Waals surface area contributed by atoms with E-state index in [-0.39, 0.29) is 30.4 Å². The number of benzene rings is 2. The number of nitrogens with zero attached hydrogens (tertiary/aromatic N) is 2. The van der Waals surface area contributed by atoms with Crippen molar-refractivity contribution >= 4 is 42.4 Å². The van der Waals surface area contributed by atoms with Crippen molar-refractivity contribution in [1.29, 1.82) is 0 Å². The molecule has 154 valence electrons. The molecule has 29 heavy (non-hydrogen) atoms. The van der Waals surface area contributed by atoms with Gasteiger partial charge in [0.2, 0.25) is 0 Å². The van der Waals surface area contributed by atoms with E-state index in [2.05, 4.69) is 9.97 Å². The van der Waals surface area contributed by atoms with Crippen molar-refractivity contribution in [1.82, 2.24) is 9.97 Å². The minimum atomic E-state index is -4.34. The molecule has 0 aliphatic carbocycles. The Bertz CT molecular complexity index is 1130. The van der Waals surface area contributed by atoms with Crippen LogP contribution in [0.4, 0.5) is 0 Å². The summed E-state index contributed by atoms with van der Waals surface area (Å²) < 4.78 is 69.2. The summed E-state index contributed by atoms with van der Waals surface area (Å²) in [5.41, 5.74) is 1.45. The van der Waals surface area contributed by atoms with Gasteiger partial charge in [0.05, 0.1) is 0 Å². The zero-order valence-electron chi connectivity index (χ0n) is 14.4. The van der Waals surface area contributed by atoms with Crippen LogP contribution in [0.1, 0.15) is 0 Å². The van der Waals surface area contributed by atoms with Crippen LogP contribution >= 0.6 is 0 Å². The molecule has 2 aromatic heterocycles. The number of hydrogen-bond donors (Lipinski definition) is 2. The summed E-state index contributed by atoms with van der Waals surface area (Å²) in [6.07, 6.45) is 0. The van der Waals surface area contributed by atoms with E-state index in [0.717, 1.165) is 0 Å². The maximum Gasteiger partial charge on any atom is 0.347 e. The van der Waals surface area contributed by atoms with Gasteiger partial charge in [0.15, 0.2) is 11.2 Å². The second-order valence-electron chi connectivity index (χ2n) is 4.85. The van der Waals surface area contributed by atoms with Crippen molar-refractivity contribution in [3.05, 3.63) is 48.5 Å². The Morgan fingerprint density at radius 3 is 1.24 bits per heavy atom. The Kier molecular flexibility index (Phi) is 9.20. The number of hydrogen-bond acceptors (Lipinski definition) is 8. The van der Waals surface area contributed by atoms with Crippen LogP contribution in [0.15, 0.2) is 67.8 Å². The van der Waals surface area contributed by atoms with Crippen molar-refractivity contribution in [2.45, 2.75) is 10.4 Å². The first kappa shape index (κ1) is 26.7. The van der Waals surface area contributed by atoms with Crippen LogP contribution in [-0.2, 0) is 39.7 Å². The molecule has 0 aliphatic rings. The van der Waals surface area contributed by atoms with Crippen LogP contribution in [0.25, 0.3) is 22.2 Å². The van der Waals surface area contributed by atoms with Crippen LogP contribution in [0.5, 0.6) is 0 Å². The van der Waals surface area contributed by atoms with Crippen LogP contribution < -0.4 is 0 Å². The van der Waals surface area contributed by atoms with Crippen molar-refractivity contribution in [2.24, 2.45) is 0 Å². The predicted molar refractivity (Wildman–Crippen MR) is 94.9 cm³/mol. The average Bonchev–Trinajstić information content (AvgIpc) is 3.19. The second-order valence-corrected chi connectivity index (χ2v) is 7.44. The molecular formula is C14H14N2O10S2Zn. The van der Waals surface area contributed by atoms with Crippen molar-refractivity contribution in [3.63, 3.8) is 0 Å². The van der Waals surface area contributed by atoms with E-state index >= 15 is 0 Å². The third-order valence-corrected chi connectivity index (χ3v) is 4.22. The normalized spacial score (nSPS) is 10.8. The molecule has 0 saturated heterocycles. The zero-order valence-corrected chi connectivity index (χ0v) is 19.0. The molecule has 0 radical (unpaired) electrons. The first-order valence-corrected chi connectivity index (χ1v) is 9.69. The summed E-state index contributed by atoms with van der Waals surface area (Å²) in [4.78, 5) is 7.16. The Morgan fingerprint density at radius 2 is 0.966 bits per heavy atom. The molecule has 0 amide bonds. The number of aromatic nitrogens is 2. The van der Waals surface area contributed by atoms with Crippen molar-refractivity contribution in [3.8, 4) is 0 Å². The number of oxazole rings is 2. The van der Waals surface area contributed by atoms with Crippen molar-refractivity contribution < 1.29 is 65.2 Å². The molecule has 0 spiro atoms. The van der Waals surface area contributed by atoms with Gasteiger partial charge >= 0.3 is 30.7 Å². The molecule has 0 aliphatic heterocycles. The van der Waals surface area contributed by atoms with E-state index in [1.807, 2.05) is 0 Å². The van der Waals surface area contributed by atoms with Gasteiger partial charge in [-0.3, -0.25) is 9.11 Å². The fraction of sp³-hybridized carbons (Fsp3) is 0. The first-order valence-electron chi connectivity index (χ1n) is 6.81. The molecular weight excluding hydrogens is 486 g/mol. The van der Waals surface area contributed by atoms with Gasteiger partial charge in [0.1, 0.15) is 11.0 Å². The smallest absolute Gasteiger partial charge is 0.347 e. The summed E-state index contributed by atoms with van der Waals surface area (Å²) in [5.74, 6) is 0. The van der Waals surface area contributed by atoms with E-state index in [9.17, 15) is 16.8 Å². The Hall–Kier alpha value is -2.26. The number of para-hydroxylation sites is 4. The average molecular weight is 500 g/mol. The molecule has 12 nitrogen and oxygen atoms in total. The van der Waals surface area contributed by atoms with E-state index in [0.29, 0.717) is 22.2 Å². The van der Waals surface area contributed by atoms with Crippen LogP contribution in [0.2, 0.25) is 0 Å². The molecule has 0 atom stereocenters. The monoisotopic (exact) mass is 498 g/mol. The fourth-order valence-corrected chi connectivity index (χ4v) is 2.74. The van der Waals surface area contributed by atoms with Crippen LogP contribution in [-0.4, -0.2) is 46.9 Å². The van der Waals surface area contributed by atoms with Gasteiger partial charge in [0, 0.05) is 19.5 Å². The Balaban J connectivity index is 0.000000490. The summed E-state index contributed by atoms with van der Waals surface area (Å²) in [6.45, 7) is 0. The van der Waals surface area contributed by atoms with E-state index in [1.165, 1.54) is 0 Å². The molecule has 0 fully saturated rings. The van der Waals surface area contributed by atoms with E-state index in [1.54, 1.807) is 48.5 Å². The maximum atomic E-state index is 10.6. The summed E-state index contributed by atoms with van der Waals surface area (Å²) in [7, 11) is -8.68. The van der Waals surface area contributed by atoms with Crippen molar-refractivity contribution in [2.75, 3.05) is 0 Å². The third-order valence-electron chi connectivity index (χ3n) is 2.99. The molecule has 6 N–H and O–H groups in total. The van der Waals surface area contributed by atoms with Gasteiger partial charge in [-0.1, -0.05) is 24.3 Å². The van der Waals surface area contributed by atoms with Gasteiger partial charge in [-0.2, -0.15) is 26.8 Å². The minimum absolute atomic E-state index is 0. The molecule has 4 aromatic rings. The van der Waals surface area contributed by atoms with Crippen LogP contribution in [0, 0.1) is 0 Å². The molecule has 0 unspecified atom stereocenters. The van der Waals surface area contributed by atoms with E-state index in [4.69, 9.17) is 17.9 Å². The summed E-state index contributed by atoms with van der Waals surface area (Å²) in [5, 5.41) is -1.34.